The number of para-hydroxylation sites is 1. The first-order chi connectivity index (χ1) is 9.59. The van der Waals surface area contributed by atoms with Crippen LogP contribution in [0.15, 0.2) is 52.5 Å². The number of rotatable bonds is 2. The predicted molar refractivity (Wildman–Crippen MR) is 75.9 cm³/mol. The Morgan fingerprint density at radius 3 is 2.85 bits per heavy atom. The van der Waals surface area contributed by atoms with Gasteiger partial charge in [-0.05, 0) is 18.2 Å². The largest absolute Gasteiger partial charge is 0.266 e. The van der Waals surface area contributed by atoms with E-state index in [1.165, 1.54) is 10.5 Å². The van der Waals surface area contributed by atoms with Crippen molar-refractivity contribution in [2.75, 3.05) is 16.6 Å². The van der Waals surface area contributed by atoms with Gasteiger partial charge < -0.3 is 0 Å². The highest BCUT2D eigenvalue weighted by molar-refractivity contribution is 8.00. The highest BCUT2D eigenvalue weighted by Gasteiger charge is 2.29. The van der Waals surface area contributed by atoms with Gasteiger partial charge in [-0.2, -0.15) is 0 Å². The quantitative estimate of drug-likeness (QED) is 0.855. The Morgan fingerprint density at radius 2 is 2.05 bits per heavy atom. The van der Waals surface area contributed by atoms with Crippen LogP contribution in [-0.2, 0) is 10.0 Å². The van der Waals surface area contributed by atoms with Crippen LogP contribution in [0.4, 0.5) is 10.1 Å². The molecule has 0 N–H and O–H groups in total. The van der Waals surface area contributed by atoms with Gasteiger partial charge in [0.2, 0.25) is 0 Å². The second-order valence-corrected chi connectivity index (χ2v) is 7.23. The molecule has 0 spiro atoms. The van der Waals surface area contributed by atoms with Crippen LogP contribution < -0.4 is 4.31 Å². The summed E-state index contributed by atoms with van der Waals surface area (Å²) in [5.74, 6) is 0.00431. The average Bonchev–Trinajstić information content (AvgIpc) is 2.46. The van der Waals surface area contributed by atoms with Crippen LogP contribution in [-0.4, -0.2) is 25.7 Å². The van der Waals surface area contributed by atoms with E-state index in [9.17, 15) is 12.8 Å². The number of aromatic nitrogens is 1. The van der Waals surface area contributed by atoms with E-state index in [1.807, 2.05) is 12.1 Å². The molecule has 0 bridgehead atoms. The lowest BCUT2D eigenvalue weighted by Gasteiger charge is -2.29. The van der Waals surface area contributed by atoms with Gasteiger partial charge in [0.15, 0.2) is 0 Å². The van der Waals surface area contributed by atoms with Gasteiger partial charge in [0.1, 0.15) is 10.7 Å². The smallest absolute Gasteiger partial charge is 0.264 e. The Morgan fingerprint density at radius 1 is 1.25 bits per heavy atom. The molecule has 1 aliphatic heterocycles. The fourth-order valence-corrected chi connectivity index (χ4v) is 4.68. The molecular formula is C13H11FN2O2S2. The maximum Gasteiger partial charge on any atom is 0.266 e. The number of hydrogen-bond donors (Lipinski definition) is 0. The van der Waals surface area contributed by atoms with E-state index in [1.54, 1.807) is 23.9 Å². The third-order valence-electron chi connectivity index (χ3n) is 2.95. The summed E-state index contributed by atoms with van der Waals surface area (Å²) in [4.78, 5) is 4.40. The number of pyridine rings is 1. The van der Waals surface area contributed by atoms with Gasteiger partial charge in [0.05, 0.1) is 11.9 Å². The standard InChI is InChI=1S/C13H11FN2O2S2/c14-10-7-11(9-15-8-10)20(17,18)16-5-6-19-13-4-2-1-3-12(13)16/h1-4,7-9H,5-6H2. The summed E-state index contributed by atoms with van der Waals surface area (Å²) in [6.45, 7) is 0.362. The summed E-state index contributed by atoms with van der Waals surface area (Å²) in [6, 6.07) is 8.28. The van der Waals surface area contributed by atoms with Crippen molar-refractivity contribution in [3.8, 4) is 0 Å². The van der Waals surface area contributed by atoms with Crippen molar-refractivity contribution in [3.05, 3.63) is 48.5 Å². The molecule has 7 heteroatoms. The van der Waals surface area contributed by atoms with Crippen LogP contribution >= 0.6 is 11.8 Å². The first kappa shape index (κ1) is 13.4. The highest BCUT2D eigenvalue weighted by Crippen LogP contribution is 2.37. The molecule has 1 aromatic carbocycles. The molecule has 0 radical (unpaired) electrons. The number of thioether (sulfide) groups is 1. The van der Waals surface area contributed by atoms with Gasteiger partial charge >= 0.3 is 0 Å². The van der Waals surface area contributed by atoms with Crippen molar-refractivity contribution in [3.63, 3.8) is 0 Å². The fraction of sp³-hybridized carbons (Fsp3) is 0.154. The van der Waals surface area contributed by atoms with Crippen molar-refractivity contribution in [2.45, 2.75) is 9.79 Å². The number of hydrogen-bond acceptors (Lipinski definition) is 4. The second kappa shape index (κ2) is 5.06. The first-order valence-electron chi connectivity index (χ1n) is 5.94. The molecule has 3 rings (SSSR count). The number of fused-ring (bicyclic) bond motifs is 1. The minimum absolute atomic E-state index is 0.126. The maximum atomic E-state index is 13.2. The number of sulfonamides is 1. The molecule has 104 valence electrons. The Labute approximate surface area is 120 Å². The zero-order valence-electron chi connectivity index (χ0n) is 10.4. The molecule has 0 aliphatic carbocycles. The van der Waals surface area contributed by atoms with Crippen molar-refractivity contribution < 1.29 is 12.8 Å². The van der Waals surface area contributed by atoms with E-state index in [-0.39, 0.29) is 4.90 Å². The zero-order chi connectivity index (χ0) is 14.2. The van der Waals surface area contributed by atoms with Gasteiger partial charge in [-0.3, -0.25) is 9.29 Å². The number of benzene rings is 1. The van der Waals surface area contributed by atoms with Crippen LogP contribution in [0.1, 0.15) is 0 Å². The van der Waals surface area contributed by atoms with Crippen molar-refractivity contribution in [2.24, 2.45) is 0 Å². The lowest BCUT2D eigenvalue weighted by Crippen LogP contribution is -2.35. The monoisotopic (exact) mass is 310 g/mol. The molecule has 1 aliphatic rings. The van der Waals surface area contributed by atoms with Crippen LogP contribution in [0, 0.1) is 5.82 Å². The van der Waals surface area contributed by atoms with Crippen LogP contribution in [0.2, 0.25) is 0 Å². The zero-order valence-corrected chi connectivity index (χ0v) is 12.0. The van der Waals surface area contributed by atoms with Crippen LogP contribution in [0.3, 0.4) is 0 Å². The van der Waals surface area contributed by atoms with Crippen LogP contribution in [0.25, 0.3) is 0 Å². The summed E-state index contributed by atoms with van der Waals surface area (Å²) >= 11 is 1.61. The average molecular weight is 310 g/mol. The summed E-state index contributed by atoms with van der Waals surface area (Å²) in [5.41, 5.74) is 0.632. The molecule has 0 amide bonds. The second-order valence-electron chi connectivity index (χ2n) is 4.23. The van der Waals surface area contributed by atoms with Crippen LogP contribution in [0.5, 0.6) is 0 Å². The van der Waals surface area contributed by atoms with E-state index >= 15 is 0 Å². The lowest BCUT2D eigenvalue weighted by molar-refractivity contribution is 0.584. The molecule has 0 unspecified atom stereocenters. The topological polar surface area (TPSA) is 50.3 Å². The number of nitrogens with zero attached hydrogens (tertiary/aromatic N) is 2. The fourth-order valence-electron chi connectivity index (χ4n) is 2.05. The molecule has 0 saturated heterocycles. The predicted octanol–water partition coefficient (Wildman–Crippen LogP) is 2.52. The third-order valence-corrected chi connectivity index (χ3v) is 5.78. The van der Waals surface area contributed by atoms with E-state index in [0.717, 1.165) is 17.2 Å². The molecule has 0 atom stereocenters. The first-order valence-corrected chi connectivity index (χ1v) is 8.37. The molecule has 0 saturated carbocycles. The van der Waals surface area contributed by atoms with Gasteiger partial charge in [0.25, 0.3) is 10.0 Å². The van der Waals surface area contributed by atoms with E-state index in [0.29, 0.717) is 18.0 Å². The Balaban J connectivity index is 2.10. The maximum absolute atomic E-state index is 13.2. The molecule has 20 heavy (non-hydrogen) atoms. The minimum atomic E-state index is -3.78. The molecule has 4 nitrogen and oxygen atoms in total. The van der Waals surface area contributed by atoms with Crippen molar-refractivity contribution in [1.82, 2.24) is 4.98 Å². The lowest BCUT2D eigenvalue weighted by atomic mass is 10.3. The highest BCUT2D eigenvalue weighted by atomic mass is 32.2. The molecular weight excluding hydrogens is 299 g/mol. The number of anilines is 1. The summed E-state index contributed by atoms with van der Waals surface area (Å²) in [5, 5.41) is 0. The molecule has 0 fully saturated rings. The van der Waals surface area contributed by atoms with E-state index in [2.05, 4.69) is 4.98 Å². The van der Waals surface area contributed by atoms with Gasteiger partial charge in [0, 0.05) is 23.4 Å². The third kappa shape index (κ3) is 2.27. The number of halogens is 1. The molecule has 2 aromatic rings. The van der Waals surface area contributed by atoms with Gasteiger partial charge in [-0.1, -0.05) is 12.1 Å². The van der Waals surface area contributed by atoms with Crippen molar-refractivity contribution in [1.29, 1.82) is 0 Å². The summed E-state index contributed by atoms with van der Waals surface area (Å²) < 4.78 is 39.8. The Hall–Kier alpha value is -1.60. The van der Waals surface area contributed by atoms with E-state index in [4.69, 9.17) is 0 Å². The summed E-state index contributed by atoms with van der Waals surface area (Å²) in [6.07, 6.45) is 2.15. The van der Waals surface area contributed by atoms with Crippen molar-refractivity contribution >= 4 is 27.5 Å². The SMILES string of the molecule is O=S(=O)(c1cncc(F)c1)N1CCSc2ccccc21. The van der Waals surface area contributed by atoms with Gasteiger partial charge in [-0.25, -0.2) is 12.8 Å². The molecule has 1 aromatic heterocycles. The minimum Gasteiger partial charge on any atom is -0.264 e. The normalized spacial score (nSPS) is 14.9. The Kier molecular flexibility index (Phi) is 3.39. The molecule has 2 heterocycles. The Bertz CT molecular complexity index is 750. The van der Waals surface area contributed by atoms with Gasteiger partial charge in [-0.15, -0.1) is 11.8 Å². The van der Waals surface area contributed by atoms with E-state index < -0.39 is 15.8 Å². The summed E-state index contributed by atoms with van der Waals surface area (Å²) in [7, 11) is -3.78.